The Morgan fingerprint density at radius 2 is 1.80 bits per heavy atom. The molecule has 3 aliphatic carbocycles. The molecule has 0 aromatic heterocycles. The molecule has 0 saturated heterocycles. The number of aryl methyl sites for hydroxylation is 2. The number of rotatable bonds is 7. The lowest BCUT2D eigenvalue weighted by molar-refractivity contribution is 0.429. The number of nitrogens with one attached hydrogen (secondary N) is 1. The molecule has 2 saturated carbocycles. The summed E-state index contributed by atoms with van der Waals surface area (Å²) in [6.45, 7) is 1.18. The van der Waals surface area contributed by atoms with Gasteiger partial charge in [0.1, 0.15) is 0 Å². The minimum absolute atomic E-state index is 0.857. The molecule has 0 bridgehead atoms. The lowest BCUT2D eigenvalue weighted by Crippen LogP contribution is -2.34. The minimum Gasteiger partial charge on any atom is -0.313 e. The van der Waals surface area contributed by atoms with Crippen LogP contribution in [0.15, 0.2) is 23.1 Å². The van der Waals surface area contributed by atoms with Crippen LogP contribution in [0.1, 0.15) is 43.2 Å². The van der Waals surface area contributed by atoms with E-state index in [1.165, 1.54) is 62.1 Å². The van der Waals surface area contributed by atoms with Gasteiger partial charge in [-0.2, -0.15) is 0 Å². The third kappa shape index (κ3) is 3.07. The highest BCUT2D eigenvalue weighted by molar-refractivity contribution is 7.99. The lowest BCUT2D eigenvalue weighted by Gasteiger charge is -2.17. The fourth-order valence-corrected chi connectivity index (χ4v) is 4.51. The Morgan fingerprint density at radius 3 is 2.55 bits per heavy atom. The number of benzene rings is 1. The minimum atomic E-state index is 0.857. The molecule has 0 unspecified atom stereocenters. The third-order valence-corrected chi connectivity index (χ3v) is 6.08. The zero-order valence-electron chi connectivity index (χ0n) is 12.2. The summed E-state index contributed by atoms with van der Waals surface area (Å²) in [5.74, 6) is 3.26. The first-order valence-corrected chi connectivity index (χ1v) is 9.37. The summed E-state index contributed by atoms with van der Waals surface area (Å²) < 4.78 is 0. The predicted molar refractivity (Wildman–Crippen MR) is 86.4 cm³/mol. The summed E-state index contributed by atoms with van der Waals surface area (Å²) in [6, 6.07) is 7.98. The Bertz CT molecular complexity index is 464. The van der Waals surface area contributed by atoms with Gasteiger partial charge in [0.2, 0.25) is 0 Å². The molecule has 2 fully saturated rings. The van der Waals surface area contributed by atoms with Gasteiger partial charge in [-0.1, -0.05) is 6.07 Å². The topological polar surface area (TPSA) is 12.0 Å². The molecule has 1 nitrogen and oxygen atoms in total. The number of fused-ring (bicyclic) bond motifs is 1. The van der Waals surface area contributed by atoms with Crippen LogP contribution in [0.5, 0.6) is 0 Å². The zero-order chi connectivity index (χ0) is 13.4. The van der Waals surface area contributed by atoms with Crippen LogP contribution in [0, 0.1) is 11.8 Å². The standard InChI is InChI=1S/C18H25NS/c1-2-13-8-9-17(12-16(13)3-1)20-11-10-19-18(14-4-5-14)15-6-7-15/h8-9,12,14-15,18-19H,1-7,10-11H2. The first-order valence-electron chi connectivity index (χ1n) is 8.38. The summed E-state index contributed by atoms with van der Waals surface area (Å²) in [5.41, 5.74) is 3.20. The summed E-state index contributed by atoms with van der Waals surface area (Å²) in [6.07, 6.45) is 9.87. The molecule has 1 N–H and O–H groups in total. The Labute approximate surface area is 126 Å². The molecular weight excluding hydrogens is 262 g/mol. The average molecular weight is 287 g/mol. The molecule has 0 spiro atoms. The van der Waals surface area contributed by atoms with Crippen LogP contribution in [-0.2, 0) is 12.8 Å². The number of hydrogen-bond donors (Lipinski definition) is 1. The largest absolute Gasteiger partial charge is 0.313 e. The van der Waals surface area contributed by atoms with Crippen molar-refractivity contribution in [3.05, 3.63) is 29.3 Å². The Kier molecular flexibility index (Phi) is 3.78. The van der Waals surface area contributed by atoms with Crippen LogP contribution >= 0.6 is 11.8 Å². The van der Waals surface area contributed by atoms with Crippen molar-refractivity contribution in [2.75, 3.05) is 12.3 Å². The maximum atomic E-state index is 3.85. The van der Waals surface area contributed by atoms with E-state index in [9.17, 15) is 0 Å². The molecule has 1 aromatic carbocycles. The zero-order valence-corrected chi connectivity index (χ0v) is 13.1. The first-order chi connectivity index (χ1) is 9.90. The molecule has 108 valence electrons. The fourth-order valence-electron chi connectivity index (χ4n) is 3.66. The van der Waals surface area contributed by atoms with E-state index in [0.717, 1.165) is 17.9 Å². The highest BCUT2D eigenvalue weighted by Gasteiger charge is 2.40. The quantitative estimate of drug-likeness (QED) is 0.600. The van der Waals surface area contributed by atoms with Crippen LogP contribution in [0.4, 0.5) is 0 Å². The van der Waals surface area contributed by atoms with Gasteiger partial charge in [0.05, 0.1) is 0 Å². The van der Waals surface area contributed by atoms with Crippen molar-refractivity contribution in [2.24, 2.45) is 11.8 Å². The van der Waals surface area contributed by atoms with Gasteiger partial charge in [-0.3, -0.25) is 0 Å². The van der Waals surface area contributed by atoms with Gasteiger partial charge in [-0.15, -0.1) is 11.8 Å². The van der Waals surface area contributed by atoms with Gasteiger partial charge in [0, 0.05) is 23.2 Å². The second-order valence-electron chi connectivity index (χ2n) is 6.79. The van der Waals surface area contributed by atoms with Gasteiger partial charge in [-0.05, 0) is 80.0 Å². The highest BCUT2D eigenvalue weighted by atomic mass is 32.2. The maximum Gasteiger partial charge on any atom is 0.0124 e. The van der Waals surface area contributed by atoms with Crippen molar-refractivity contribution in [2.45, 2.75) is 55.9 Å². The van der Waals surface area contributed by atoms with Gasteiger partial charge < -0.3 is 5.32 Å². The average Bonchev–Trinajstić information content (AvgIpc) is 3.38. The van der Waals surface area contributed by atoms with Crippen molar-refractivity contribution >= 4 is 11.8 Å². The Balaban J connectivity index is 1.24. The number of thioether (sulfide) groups is 1. The van der Waals surface area contributed by atoms with Gasteiger partial charge in [0.25, 0.3) is 0 Å². The molecule has 3 aliphatic rings. The van der Waals surface area contributed by atoms with Crippen molar-refractivity contribution in [1.29, 1.82) is 0 Å². The molecule has 0 heterocycles. The molecule has 1 aromatic rings. The molecule has 4 rings (SSSR count). The van der Waals surface area contributed by atoms with E-state index in [2.05, 4.69) is 23.5 Å². The normalized spacial score (nSPS) is 21.4. The smallest absolute Gasteiger partial charge is 0.0124 e. The van der Waals surface area contributed by atoms with Crippen LogP contribution in [0.3, 0.4) is 0 Å². The summed E-state index contributed by atoms with van der Waals surface area (Å²) in [5, 5.41) is 3.85. The fraction of sp³-hybridized carbons (Fsp3) is 0.667. The molecular formula is C18H25NS. The molecule has 2 heteroatoms. The summed E-state index contributed by atoms with van der Waals surface area (Å²) >= 11 is 2.03. The van der Waals surface area contributed by atoms with E-state index in [1.807, 2.05) is 11.8 Å². The highest BCUT2D eigenvalue weighted by Crippen LogP contribution is 2.44. The van der Waals surface area contributed by atoms with Crippen molar-refractivity contribution < 1.29 is 0 Å². The lowest BCUT2D eigenvalue weighted by atomic mass is 10.1. The molecule has 0 amide bonds. The second kappa shape index (κ2) is 5.73. The van der Waals surface area contributed by atoms with E-state index in [-0.39, 0.29) is 0 Å². The van der Waals surface area contributed by atoms with Gasteiger partial charge in [0.15, 0.2) is 0 Å². The van der Waals surface area contributed by atoms with Gasteiger partial charge >= 0.3 is 0 Å². The Hall–Kier alpha value is -0.470. The third-order valence-electron chi connectivity index (χ3n) is 5.08. The van der Waals surface area contributed by atoms with Gasteiger partial charge in [-0.25, -0.2) is 0 Å². The van der Waals surface area contributed by atoms with Crippen molar-refractivity contribution in [3.63, 3.8) is 0 Å². The van der Waals surface area contributed by atoms with E-state index in [4.69, 9.17) is 0 Å². The predicted octanol–water partition coefficient (Wildman–Crippen LogP) is 4.05. The monoisotopic (exact) mass is 287 g/mol. The summed E-state index contributed by atoms with van der Waals surface area (Å²) in [4.78, 5) is 1.47. The van der Waals surface area contributed by atoms with E-state index >= 15 is 0 Å². The molecule has 0 atom stereocenters. The van der Waals surface area contributed by atoms with Crippen molar-refractivity contribution in [3.8, 4) is 0 Å². The number of hydrogen-bond acceptors (Lipinski definition) is 2. The SMILES string of the molecule is c1cc2c(cc1SCCNC(C1CC1)C1CC1)CCC2. The second-order valence-corrected chi connectivity index (χ2v) is 7.96. The molecule has 0 radical (unpaired) electrons. The van der Waals surface area contributed by atoms with Crippen LogP contribution < -0.4 is 5.32 Å². The molecule has 0 aliphatic heterocycles. The maximum absolute atomic E-state index is 3.85. The van der Waals surface area contributed by atoms with Crippen LogP contribution in [0.2, 0.25) is 0 Å². The van der Waals surface area contributed by atoms with E-state index in [1.54, 1.807) is 11.1 Å². The Morgan fingerprint density at radius 1 is 1.05 bits per heavy atom. The van der Waals surface area contributed by atoms with Crippen molar-refractivity contribution in [1.82, 2.24) is 5.32 Å². The van der Waals surface area contributed by atoms with E-state index in [0.29, 0.717) is 0 Å². The molecule has 20 heavy (non-hydrogen) atoms. The van der Waals surface area contributed by atoms with E-state index < -0.39 is 0 Å². The summed E-state index contributed by atoms with van der Waals surface area (Å²) in [7, 11) is 0. The first kappa shape index (κ1) is 13.2. The van der Waals surface area contributed by atoms with Crippen LogP contribution in [0.25, 0.3) is 0 Å². The van der Waals surface area contributed by atoms with Crippen LogP contribution in [-0.4, -0.2) is 18.3 Å².